The molecule has 0 unspecified atom stereocenters. The molecule has 4 atom stereocenters. The Morgan fingerprint density at radius 1 is 1.28 bits per heavy atom. The molecule has 7 nitrogen and oxygen atoms in total. The van der Waals surface area contributed by atoms with Crippen molar-refractivity contribution in [3.63, 3.8) is 0 Å². The van der Waals surface area contributed by atoms with Gasteiger partial charge in [-0.15, -0.1) is 0 Å². The van der Waals surface area contributed by atoms with Crippen LogP contribution in [0.5, 0.6) is 5.75 Å². The van der Waals surface area contributed by atoms with Crippen LogP contribution in [-0.4, -0.2) is 40.6 Å². The number of aliphatic hydroxyl groups excluding tert-OH is 1. The van der Waals surface area contributed by atoms with E-state index >= 15 is 0 Å². The Bertz CT molecular complexity index is 1030. The number of rotatable bonds is 6. The quantitative estimate of drug-likeness (QED) is 0.690. The summed E-state index contributed by atoms with van der Waals surface area (Å²) in [7, 11) is 0. The first-order valence-electron chi connectivity index (χ1n) is 9.65. The van der Waals surface area contributed by atoms with Crippen LogP contribution >= 0.6 is 0 Å². The molecule has 2 aliphatic heterocycles. The Balaban J connectivity index is 1.66. The molecule has 1 amide bonds. The van der Waals surface area contributed by atoms with Crippen molar-refractivity contribution in [1.82, 2.24) is 4.90 Å². The van der Waals surface area contributed by atoms with Crippen molar-refractivity contribution in [2.24, 2.45) is 17.6 Å². The number of carbonyl (C=O) groups is 2. The molecule has 7 heteroatoms. The predicted octanol–water partition coefficient (Wildman–Crippen LogP) is 0.539. The normalized spacial score (nSPS) is 24.5. The largest absolute Gasteiger partial charge is 0.543 e. The number of fused-ring (bicyclic) bond motifs is 2. The van der Waals surface area contributed by atoms with Crippen LogP contribution in [0.4, 0.5) is 0 Å². The van der Waals surface area contributed by atoms with Gasteiger partial charge in [0.2, 0.25) is 5.91 Å². The monoisotopic (exact) mass is 395 g/mol. The minimum atomic E-state index is -1.40. The van der Waals surface area contributed by atoms with E-state index in [1.807, 2.05) is 43.3 Å². The van der Waals surface area contributed by atoms with Crippen LogP contribution in [0.2, 0.25) is 0 Å². The topological polar surface area (TPSA) is 116 Å². The molecular weight excluding hydrogens is 372 g/mol. The lowest BCUT2D eigenvalue weighted by molar-refractivity contribution is -0.301. The summed E-state index contributed by atoms with van der Waals surface area (Å²) < 4.78 is 6.02. The van der Waals surface area contributed by atoms with Crippen molar-refractivity contribution >= 4 is 22.6 Å². The number of carboxylic acid groups (broad SMARTS) is 1. The Morgan fingerprint density at radius 3 is 2.62 bits per heavy atom. The van der Waals surface area contributed by atoms with Gasteiger partial charge < -0.3 is 30.4 Å². The van der Waals surface area contributed by atoms with Crippen LogP contribution in [-0.2, 0) is 16.1 Å². The van der Waals surface area contributed by atoms with Crippen molar-refractivity contribution in [1.29, 1.82) is 0 Å². The van der Waals surface area contributed by atoms with Crippen molar-refractivity contribution in [3.05, 3.63) is 53.2 Å². The van der Waals surface area contributed by atoms with Crippen molar-refractivity contribution in [3.8, 4) is 5.75 Å². The number of ether oxygens (including phenoxy) is 1. The molecule has 2 aromatic rings. The van der Waals surface area contributed by atoms with Crippen LogP contribution in [0.3, 0.4) is 0 Å². The number of β-lactam (4-membered cyclic amide) rings is 1. The van der Waals surface area contributed by atoms with Crippen molar-refractivity contribution < 1.29 is 24.5 Å². The first kappa shape index (κ1) is 19.4. The number of amides is 1. The number of hydrogen-bond donors (Lipinski definition) is 2. The zero-order valence-corrected chi connectivity index (χ0v) is 16.3. The van der Waals surface area contributed by atoms with E-state index < -0.39 is 18.0 Å². The maximum atomic E-state index is 12.4. The molecule has 0 spiro atoms. The lowest BCUT2D eigenvalue weighted by Crippen LogP contribution is -2.64. The average Bonchev–Trinajstić information content (AvgIpc) is 2.94. The van der Waals surface area contributed by atoms with E-state index in [1.54, 1.807) is 6.92 Å². The number of carbonyl (C=O) groups excluding carboxylic acids is 2. The second kappa shape index (κ2) is 7.17. The van der Waals surface area contributed by atoms with E-state index in [-0.39, 0.29) is 30.2 Å². The van der Waals surface area contributed by atoms with Gasteiger partial charge >= 0.3 is 0 Å². The first-order valence-corrected chi connectivity index (χ1v) is 9.65. The van der Waals surface area contributed by atoms with Gasteiger partial charge in [0.25, 0.3) is 0 Å². The van der Waals surface area contributed by atoms with Crippen molar-refractivity contribution in [2.75, 3.05) is 6.61 Å². The van der Waals surface area contributed by atoms with Gasteiger partial charge in [-0.3, -0.25) is 4.79 Å². The molecule has 4 rings (SSSR count). The van der Waals surface area contributed by atoms with Crippen LogP contribution in [0.15, 0.2) is 47.7 Å². The molecule has 29 heavy (non-hydrogen) atoms. The highest BCUT2D eigenvalue weighted by molar-refractivity contribution is 5.99. The molecule has 0 saturated carbocycles. The summed E-state index contributed by atoms with van der Waals surface area (Å²) in [5.41, 5.74) is 7.18. The second-order valence-electron chi connectivity index (χ2n) is 7.68. The number of aliphatic carboxylic acids is 1. The van der Waals surface area contributed by atoms with E-state index in [9.17, 15) is 19.8 Å². The summed E-state index contributed by atoms with van der Waals surface area (Å²) >= 11 is 0. The number of hydrogen-bond acceptors (Lipinski definition) is 6. The Labute approximate surface area is 168 Å². The summed E-state index contributed by atoms with van der Waals surface area (Å²) in [6.07, 6.45) is -0.845. The summed E-state index contributed by atoms with van der Waals surface area (Å²) in [5.74, 6) is -2.04. The summed E-state index contributed by atoms with van der Waals surface area (Å²) in [6, 6.07) is 11.0. The fourth-order valence-corrected chi connectivity index (χ4v) is 4.63. The van der Waals surface area contributed by atoms with Crippen LogP contribution in [0.25, 0.3) is 10.8 Å². The number of carboxylic acids is 1. The number of benzene rings is 2. The zero-order valence-electron chi connectivity index (χ0n) is 16.3. The van der Waals surface area contributed by atoms with Gasteiger partial charge in [0.05, 0.1) is 29.7 Å². The SMILES string of the molecule is C[C@@H](O)[C@H]1C(=O)N2C(C(=O)[O-])=C(COc3cccc4c(CN)cccc34)[C@H](C)[C@H]12. The lowest BCUT2D eigenvalue weighted by atomic mass is 9.78. The molecule has 2 aliphatic rings. The van der Waals surface area contributed by atoms with E-state index in [4.69, 9.17) is 10.5 Å². The minimum absolute atomic E-state index is 0.0171. The third kappa shape index (κ3) is 2.89. The molecule has 0 aliphatic carbocycles. The molecule has 2 heterocycles. The number of nitrogens with two attached hydrogens (primary N) is 1. The third-order valence-corrected chi connectivity index (χ3v) is 6.08. The molecular formula is C22H23N2O5-. The fraction of sp³-hybridized carbons (Fsp3) is 0.364. The molecule has 152 valence electrons. The predicted molar refractivity (Wildman–Crippen MR) is 104 cm³/mol. The van der Waals surface area contributed by atoms with Gasteiger partial charge in [-0.05, 0) is 29.5 Å². The molecule has 1 fully saturated rings. The zero-order chi connectivity index (χ0) is 20.9. The smallest absolute Gasteiger partial charge is 0.235 e. The molecule has 1 saturated heterocycles. The van der Waals surface area contributed by atoms with Crippen LogP contribution < -0.4 is 15.6 Å². The highest BCUT2D eigenvalue weighted by atomic mass is 16.5. The Kier molecular flexibility index (Phi) is 4.80. The van der Waals surface area contributed by atoms with Gasteiger partial charge in [0.1, 0.15) is 12.4 Å². The Hall–Kier alpha value is -2.90. The molecule has 0 aromatic heterocycles. The van der Waals surface area contributed by atoms with Gasteiger partial charge in [-0.1, -0.05) is 37.3 Å². The number of aliphatic hydroxyl groups is 1. The van der Waals surface area contributed by atoms with Crippen molar-refractivity contribution in [2.45, 2.75) is 32.5 Å². The fourth-order valence-electron chi connectivity index (χ4n) is 4.63. The maximum absolute atomic E-state index is 12.4. The maximum Gasteiger partial charge on any atom is 0.235 e. The Morgan fingerprint density at radius 2 is 1.97 bits per heavy atom. The molecule has 3 N–H and O–H groups in total. The molecule has 2 aromatic carbocycles. The summed E-state index contributed by atoms with van der Waals surface area (Å²) in [6.45, 7) is 3.81. The second-order valence-corrected chi connectivity index (χ2v) is 7.68. The van der Waals surface area contributed by atoms with E-state index in [0.29, 0.717) is 17.9 Å². The van der Waals surface area contributed by atoms with Gasteiger partial charge in [0.15, 0.2) is 0 Å². The first-order chi connectivity index (χ1) is 13.9. The van der Waals surface area contributed by atoms with E-state index in [2.05, 4.69) is 0 Å². The summed E-state index contributed by atoms with van der Waals surface area (Å²) in [5, 5.41) is 23.6. The lowest BCUT2D eigenvalue weighted by Gasteiger charge is -2.47. The van der Waals surface area contributed by atoms with Crippen LogP contribution in [0, 0.1) is 11.8 Å². The van der Waals surface area contributed by atoms with Gasteiger partial charge in [-0.25, -0.2) is 0 Å². The molecule has 0 radical (unpaired) electrons. The van der Waals surface area contributed by atoms with Crippen LogP contribution in [0.1, 0.15) is 19.4 Å². The molecule has 0 bridgehead atoms. The average molecular weight is 395 g/mol. The highest BCUT2D eigenvalue weighted by Crippen LogP contribution is 2.47. The third-order valence-electron chi connectivity index (χ3n) is 6.08. The standard InChI is InChI=1S/C22H24N2O5/c1-11-16(20(22(27)28)24-19(11)18(12(2)25)21(24)26)10-29-17-8-4-6-14-13(9-23)5-3-7-15(14)17/h3-8,11-12,18-19,25H,9-10,23H2,1-2H3,(H,27,28)/p-1/t11-,12+,18+,19+/m0/s1. The minimum Gasteiger partial charge on any atom is -0.543 e. The highest BCUT2D eigenvalue weighted by Gasteiger charge is 2.58. The van der Waals surface area contributed by atoms with Gasteiger partial charge in [0, 0.05) is 17.8 Å². The summed E-state index contributed by atoms with van der Waals surface area (Å²) in [4.78, 5) is 25.4. The van der Waals surface area contributed by atoms with E-state index in [0.717, 1.165) is 16.3 Å². The van der Waals surface area contributed by atoms with Gasteiger partial charge in [-0.2, -0.15) is 0 Å². The van der Waals surface area contributed by atoms with E-state index in [1.165, 1.54) is 4.90 Å². The number of nitrogens with zero attached hydrogens (tertiary/aromatic N) is 1.